The number of nitriles is 1. The van der Waals surface area contributed by atoms with Gasteiger partial charge in [-0.3, -0.25) is 4.79 Å². The summed E-state index contributed by atoms with van der Waals surface area (Å²) < 4.78 is 5.05. The lowest BCUT2D eigenvalue weighted by Crippen LogP contribution is -2.13. The fourth-order valence-electron chi connectivity index (χ4n) is 1.72. The molecule has 0 saturated carbocycles. The van der Waals surface area contributed by atoms with Crippen molar-refractivity contribution in [2.24, 2.45) is 0 Å². The number of Topliss-reactive ketones (excluding diaryl/α,β-unsaturated/α-hetero) is 1. The van der Waals surface area contributed by atoms with Gasteiger partial charge in [-0.25, -0.2) is 0 Å². The first kappa shape index (κ1) is 13.6. The monoisotopic (exact) mass is 266 g/mol. The molecule has 0 atom stereocenters. The Morgan fingerprint density at radius 3 is 2.35 bits per heavy atom. The zero-order valence-corrected chi connectivity index (χ0v) is 11.1. The smallest absolute Gasteiger partial charge is 0.181 e. The van der Waals surface area contributed by atoms with Crippen LogP contribution in [0, 0.1) is 11.3 Å². The second-order valence-electron chi connectivity index (χ2n) is 4.19. The number of ether oxygens (including phenoxy) is 1. The van der Waals surface area contributed by atoms with Gasteiger partial charge in [-0.05, 0) is 48.5 Å². The van der Waals surface area contributed by atoms with Crippen LogP contribution in [0.3, 0.4) is 0 Å². The van der Waals surface area contributed by atoms with Gasteiger partial charge in [0.15, 0.2) is 5.78 Å². The summed E-state index contributed by atoms with van der Waals surface area (Å²) in [4.78, 5) is 12.0. The zero-order valence-electron chi connectivity index (χ0n) is 11.1. The Labute approximate surface area is 117 Å². The second-order valence-corrected chi connectivity index (χ2v) is 4.19. The summed E-state index contributed by atoms with van der Waals surface area (Å²) in [6.45, 7) is 0.207. The molecular formula is C16H14N2O2. The Kier molecular flexibility index (Phi) is 4.35. The third kappa shape index (κ3) is 3.36. The highest BCUT2D eigenvalue weighted by Gasteiger charge is 2.05. The van der Waals surface area contributed by atoms with Crippen molar-refractivity contribution in [3.8, 4) is 11.8 Å². The van der Waals surface area contributed by atoms with Gasteiger partial charge in [0.1, 0.15) is 5.75 Å². The van der Waals surface area contributed by atoms with Crippen LogP contribution in [0.4, 0.5) is 5.69 Å². The van der Waals surface area contributed by atoms with Crippen LogP contribution >= 0.6 is 0 Å². The van der Waals surface area contributed by atoms with E-state index in [0.717, 1.165) is 11.4 Å². The van der Waals surface area contributed by atoms with Crippen molar-refractivity contribution in [3.05, 3.63) is 59.7 Å². The highest BCUT2D eigenvalue weighted by molar-refractivity contribution is 5.99. The summed E-state index contributed by atoms with van der Waals surface area (Å²) in [7, 11) is 1.59. The molecule has 0 spiro atoms. The minimum absolute atomic E-state index is 0.00277. The average Bonchev–Trinajstić information content (AvgIpc) is 2.53. The van der Waals surface area contributed by atoms with E-state index in [4.69, 9.17) is 10.00 Å². The average molecular weight is 266 g/mol. The Bertz CT molecular complexity index is 625. The third-order valence-corrected chi connectivity index (χ3v) is 2.88. The van der Waals surface area contributed by atoms with Gasteiger partial charge in [-0.1, -0.05) is 0 Å². The molecule has 0 aromatic heterocycles. The molecule has 0 aliphatic rings. The number of hydrogen-bond acceptors (Lipinski definition) is 4. The van der Waals surface area contributed by atoms with Crippen LogP contribution in [0.25, 0.3) is 0 Å². The lowest BCUT2D eigenvalue weighted by Gasteiger charge is -2.06. The first-order chi connectivity index (χ1) is 9.72. The molecule has 0 amide bonds. The molecule has 0 bridgehead atoms. The van der Waals surface area contributed by atoms with Gasteiger partial charge in [0.05, 0.1) is 25.3 Å². The van der Waals surface area contributed by atoms with Crippen molar-refractivity contribution >= 4 is 11.5 Å². The fourth-order valence-corrected chi connectivity index (χ4v) is 1.72. The minimum atomic E-state index is -0.00277. The predicted octanol–water partition coefficient (Wildman–Crippen LogP) is 2.86. The topological polar surface area (TPSA) is 62.1 Å². The number of carbonyl (C=O) groups excluding carboxylic acids is 1. The molecule has 0 radical (unpaired) electrons. The molecule has 20 heavy (non-hydrogen) atoms. The van der Waals surface area contributed by atoms with Gasteiger partial charge >= 0.3 is 0 Å². The number of benzene rings is 2. The Morgan fingerprint density at radius 2 is 1.80 bits per heavy atom. The molecule has 0 aliphatic heterocycles. The third-order valence-electron chi connectivity index (χ3n) is 2.88. The van der Waals surface area contributed by atoms with Crippen LogP contribution in [-0.4, -0.2) is 19.4 Å². The van der Waals surface area contributed by atoms with Crippen LogP contribution in [-0.2, 0) is 0 Å². The Morgan fingerprint density at radius 1 is 1.15 bits per heavy atom. The first-order valence-electron chi connectivity index (χ1n) is 6.14. The summed E-state index contributed by atoms with van der Waals surface area (Å²) in [6, 6.07) is 16.0. The number of carbonyl (C=O) groups is 1. The molecule has 0 heterocycles. The number of nitrogens with zero attached hydrogens (tertiary/aromatic N) is 1. The van der Waals surface area contributed by atoms with E-state index < -0.39 is 0 Å². The number of hydrogen-bond donors (Lipinski definition) is 1. The maximum Gasteiger partial charge on any atom is 0.181 e. The molecule has 0 fully saturated rings. The molecule has 100 valence electrons. The van der Waals surface area contributed by atoms with Gasteiger partial charge in [-0.15, -0.1) is 0 Å². The van der Waals surface area contributed by atoms with E-state index in [1.807, 2.05) is 6.07 Å². The molecule has 2 rings (SSSR count). The van der Waals surface area contributed by atoms with Crippen LogP contribution in [0.2, 0.25) is 0 Å². The second kappa shape index (κ2) is 6.39. The summed E-state index contributed by atoms with van der Waals surface area (Å²) in [5.74, 6) is 0.721. The maximum atomic E-state index is 12.0. The Balaban J connectivity index is 1.95. The quantitative estimate of drug-likeness (QED) is 0.845. The van der Waals surface area contributed by atoms with Gasteiger partial charge in [-0.2, -0.15) is 5.26 Å². The number of ketones is 1. The maximum absolute atomic E-state index is 12.0. The van der Waals surface area contributed by atoms with Gasteiger partial charge in [0, 0.05) is 11.3 Å². The molecular weight excluding hydrogens is 252 g/mol. The van der Waals surface area contributed by atoms with Gasteiger partial charge in [0.25, 0.3) is 0 Å². The fraction of sp³-hybridized carbons (Fsp3) is 0.125. The van der Waals surface area contributed by atoms with Crippen molar-refractivity contribution in [2.75, 3.05) is 19.0 Å². The number of rotatable bonds is 5. The SMILES string of the molecule is COc1ccc(C(=O)CNc2ccc(C#N)cc2)cc1. The lowest BCUT2D eigenvalue weighted by atomic mass is 10.1. The minimum Gasteiger partial charge on any atom is -0.497 e. The van der Waals surface area contributed by atoms with Crippen LogP contribution < -0.4 is 10.1 Å². The van der Waals surface area contributed by atoms with E-state index in [2.05, 4.69) is 5.32 Å². The van der Waals surface area contributed by atoms with E-state index >= 15 is 0 Å². The standard InChI is InChI=1S/C16H14N2O2/c1-20-15-8-4-13(5-9-15)16(19)11-18-14-6-2-12(10-17)3-7-14/h2-9,18H,11H2,1H3. The lowest BCUT2D eigenvalue weighted by molar-refractivity contribution is 0.101. The summed E-state index contributed by atoms with van der Waals surface area (Å²) in [5, 5.41) is 11.7. The Hall–Kier alpha value is -2.80. The predicted molar refractivity (Wildman–Crippen MR) is 77.0 cm³/mol. The van der Waals surface area contributed by atoms with E-state index in [-0.39, 0.29) is 12.3 Å². The molecule has 0 aliphatic carbocycles. The molecule has 2 aromatic carbocycles. The van der Waals surface area contributed by atoms with Crippen LogP contribution in [0.5, 0.6) is 5.75 Å². The van der Waals surface area contributed by atoms with E-state index in [0.29, 0.717) is 11.1 Å². The number of anilines is 1. The summed E-state index contributed by atoms with van der Waals surface area (Å²) in [6.07, 6.45) is 0. The number of nitrogens with one attached hydrogen (secondary N) is 1. The van der Waals surface area contributed by atoms with Crippen LogP contribution in [0.15, 0.2) is 48.5 Å². The normalized spacial score (nSPS) is 9.60. The zero-order chi connectivity index (χ0) is 14.4. The molecule has 4 nitrogen and oxygen atoms in total. The molecule has 4 heteroatoms. The highest BCUT2D eigenvalue weighted by atomic mass is 16.5. The van der Waals surface area contributed by atoms with Crippen molar-refractivity contribution in [2.45, 2.75) is 0 Å². The van der Waals surface area contributed by atoms with E-state index in [9.17, 15) is 4.79 Å². The van der Waals surface area contributed by atoms with E-state index in [1.165, 1.54) is 0 Å². The summed E-state index contributed by atoms with van der Waals surface area (Å²) >= 11 is 0. The van der Waals surface area contributed by atoms with Gasteiger partial charge in [0.2, 0.25) is 0 Å². The van der Waals surface area contributed by atoms with Crippen molar-refractivity contribution < 1.29 is 9.53 Å². The van der Waals surface area contributed by atoms with E-state index in [1.54, 1.807) is 55.6 Å². The first-order valence-corrected chi connectivity index (χ1v) is 6.14. The molecule has 0 unspecified atom stereocenters. The number of methoxy groups -OCH3 is 1. The largest absolute Gasteiger partial charge is 0.497 e. The molecule has 2 aromatic rings. The van der Waals surface area contributed by atoms with Crippen molar-refractivity contribution in [3.63, 3.8) is 0 Å². The molecule has 1 N–H and O–H groups in total. The van der Waals surface area contributed by atoms with Gasteiger partial charge < -0.3 is 10.1 Å². The van der Waals surface area contributed by atoms with Crippen molar-refractivity contribution in [1.29, 1.82) is 5.26 Å². The highest BCUT2D eigenvalue weighted by Crippen LogP contribution is 2.13. The summed E-state index contributed by atoms with van der Waals surface area (Å²) in [5.41, 5.74) is 2.04. The molecule has 0 saturated heterocycles. The van der Waals surface area contributed by atoms with Crippen LogP contribution in [0.1, 0.15) is 15.9 Å². The van der Waals surface area contributed by atoms with Crippen molar-refractivity contribution in [1.82, 2.24) is 0 Å².